The van der Waals surface area contributed by atoms with Crippen molar-refractivity contribution >= 4 is 5.91 Å². The molecule has 132 valence electrons. The smallest absolute Gasteiger partial charge is 0.255 e. The first-order chi connectivity index (χ1) is 12.1. The third-order valence-corrected chi connectivity index (χ3v) is 4.53. The molecule has 1 atom stereocenters. The van der Waals surface area contributed by atoms with Crippen LogP contribution in [0.4, 0.5) is 0 Å². The molecule has 25 heavy (non-hydrogen) atoms. The summed E-state index contributed by atoms with van der Waals surface area (Å²) in [5, 5.41) is 0. The van der Waals surface area contributed by atoms with Crippen LogP contribution in [0.2, 0.25) is 0 Å². The summed E-state index contributed by atoms with van der Waals surface area (Å²) in [6.45, 7) is 5.68. The standard InChI is InChI=1S/C20H24N2O3/c1-15(22-9-11-24-12-10-22)16-5-7-17(8-6-16)18-3-2-4-19(13-18)25-14-20(21)23/h2-8,13,15H,9-12,14H2,1H3,(H2,21,23)/t15-/m0/s1. The number of benzene rings is 2. The first-order valence-electron chi connectivity index (χ1n) is 8.57. The van der Waals surface area contributed by atoms with E-state index in [1.54, 1.807) is 0 Å². The second-order valence-corrected chi connectivity index (χ2v) is 6.23. The fraction of sp³-hybridized carbons (Fsp3) is 0.350. The molecule has 1 fully saturated rings. The van der Waals surface area contributed by atoms with Gasteiger partial charge in [-0.05, 0) is 35.7 Å². The maximum absolute atomic E-state index is 10.8. The van der Waals surface area contributed by atoms with Crippen molar-refractivity contribution in [1.82, 2.24) is 4.90 Å². The minimum absolute atomic E-state index is 0.112. The second-order valence-electron chi connectivity index (χ2n) is 6.23. The topological polar surface area (TPSA) is 64.8 Å². The highest BCUT2D eigenvalue weighted by Crippen LogP contribution is 2.27. The lowest BCUT2D eigenvalue weighted by atomic mass is 10.0. The predicted molar refractivity (Wildman–Crippen MR) is 97.4 cm³/mol. The predicted octanol–water partition coefficient (Wildman–Crippen LogP) is 2.61. The van der Waals surface area contributed by atoms with E-state index in [2.05, 4.69) is 36.1 Å². The highest BCUT2D eigenvalue weighted by Gasteiger charge is 2.18. The molecule has 0 aliphatic carbocycles. The summed E-state index contributed by atoms with van der Waals surface area (Å²) in [6, 6.07) is 16.7. The number of primary amides is 1. The fourth-order valence-electron chi connectivity index (χ4n) is 3.05. The number of morpholine rings is 1. The van der Waals surface area contributed by atoms with E-state index in [-0.39, 0.29) is 6.61 Å². The Labute approximate surface area is 148 Å². The lowest BCUT2D eigenvalue weighted by Crippen LogP contribution is -2.37. The minimum atomic E-state index is -0.480. The molecule has 1 aliphatic heterocycles. The van der Waals surface area contributed by atoms with E-state index in [1.807, 2.05) is 24.3 Å². The highest BCUT2D eigenvalue weighted by molar-refractivity contribution is 5.75. The van der Waals surface area contributed by atoms with E-state index in [0.29, 0.717) is 11.8 Å². The van der Waals surface area contributed by atoms with Gasteiger partial charge in [0.1, 0.15) is 5.75 Å². The van der Waals surface area contributed by atoms with Gasteiger partial charge in [0.25, 0.3) is 5.91 Å². The summed E-state index contributed by atoms with van der Waals surface area (Å²) in [5.41, 5.74) is 8.58. The molecule has 2 aromatic rings. The number of amides is 1. The van der Waals surface area contributed by atoms with Gasteiger partial charge in [-0.2, -0.15) is 0 Å². The van der Waals surface area contributed by atoms with Gasteiger partial charge in [-0.1, -0.05) is 36.4 Å². The molecule has 0 spiro atoms. The second kappa shape index (κ2) is 8.14. The Balaban J connectivity index is 1.71. The summed E-state index contributed by atoms with van der Waals surface area (Å²) in [7, 11) is 0. The van der Waals surface area contributed by atoms with Gasteiger partial charge >= 0.3 is 0 Å². The molecule has 1 amide bonds. The molecule has 0 radical (unpaired) electrons. The minimum Gasteiger partial charge on any atom is -0.484 e. The zero-order valence-electron chi connectivity index (χ0n) is 14.5. The van der Waals surface area contributed by atoms with Crippen LogP contribution in [0.25, 0.3) is 11.1 Å². The van der Waals surface area contributed by atoms with Crippen LogP contribution in [-0.2, 0) is 9.53 Å². The van der Waals surface area contributed by atoms with Crippen LogP contribution in [0.5, 0.6) is 5.75 Å². The molecule has 5 nitrogen and oxygen atoms in total. The van der Waals surface area contributed by atoms with E-state index in [0.717, 1.165) is 37.4 Å². The molecular weight excluding hydrogens is 316 g/mol. The average Bonchev–Trinajstić information content (AvgIpc) is 2.67. The molecule has 1 saturated heterocycles. The van der Waals surface area contributed by atoms with Crippen LogP contribution in [0, 0.1) is 0 Å². The number of nitrogens with two attached hydrogens (primary N) is 1. The van der Waals surface area contributed by atoms with Gasteiger partial charge in [0.2, 0.25) is 0 Å². The molecule has 2 aromatic carbocycles. The Morgan fingerprint density at radius 1 is 1.16 bits per heavy atom. The monoisotopic (exact) mass is 340 g/mol. The third-order valence-electron chi connectivity index (χ3n) is 4.53. The SMILES string of the molecule is C[C@@H](c1ccc(-c2cccc(OCC(N)=O)c2)cc1)N1CCOCC1. The molecule has 5 heteroatoms. The number of carbonyl (C=O) groups is 1. The summed E-state index contributed by atoms with van der Waals surface area (Å²) < 4.78 is 10.8. The normalized spacial score (nSPS) is 16.4. The number of ether oxygens (including phenoxy) is 2. The van der Waals surface area contributed by atoms with Gasteiger partial charge in [-0.25, -0.2) is 0 Å². The Morgan fingerprint density at radius 2 is 1.88 bits per heavy atom. The van der Waals surface area contributed by atoms with Gasteiger partial charge in [-0.15, -0.1) is 0 Å². The molecule has 0 bridgehead atoms. The van der Waals surface area contributed by atoms with Gasteiger partial charge in [0.05, 0.1) is 13.2 Å². The summed E-state index contributed by atoms with van der Waals surface area (Å²) in [6.07, 6.45) is 0. The van der Waals surface area contributed by atoms with Crippen molar-refractivity contribution in [2.24, 2.45) is 5.73 Å². The molecule has 0 saturated carbocycles. The molecule has 1 heterocycles. The quantitative estimate of drug-likeness (QED) is 0.878. The van der Waals surface area contributed by atoms with Crippen molar-refractivity contribution in [3.05, 3.63) is 54.1 Å². The van der Waals surface area contributed by atoms with E-state index < -0.39 is 5.91 Å². The Hall–Kier alpha value is -2.37. The van der Waals surface area contributed by atoms with E-state index in [4.69, 9.17) is 15.2 Å². The van der Waals surface area contributed by atoms with E-state index >= 15 is 0 Å². The highest BCUT2D eigenvalue weighted by atomic mass is 16.5. The number of carbonyl (C=O) groups excluding carboxylic acids is 1. The number of hydrogen-bond donors (Lipinski definition) is 1. The lowest BCUT2D eigenvalue weighted by Gasteiger charge is -2.32. The van der Waals surface area contributed by atoms with Crippen molar-refractivity contribution in [2.45, 2.75) is 13.0 Å². The van der Waals surface area contributed by atoms with Crippen LogP contribution in [0.15, 0.2) is 48.5 Å². The molecule has 1 aliphatic rings. The van der Waals surface area contributed by atoms with Crippen molar-refractivity contribution in [3.63, 3.8) is 0 Å². The molecule has 2 N–H and O–H groups in total. The average molecular weight is 340 g/mol. The first kappa shape index (κ1) is 17.5. The maximum atomic E-state index is 10.8. The summed E-state index contributed by atoms with van der Waals surface area (Å²) in [5.74, 6) is 0.161. The van der Waals surface area contributed by atoms with Gasteiger partial charge in [-0.3, -0.25) is 9.69 Å². The van der Waals surface area contributed by atoms with Crippen molar-refractivity contribution in [2.75, 3.05) is 32.9 Å². The van der Waals surface area contributed by atoms with Gasteiger partial charge in [0, 0.05) is 19.1 Å². The van der Waals surface area contributed by atoms with E-state index in [9.17, 15) is 4.79 Å². The van der Waals surface area contributed by atoms with Crippen molar-refractivity contribution in [1.29, 1.82) is 0 Å². The van der Waals surface area contributed by atoms with Gasteiger partial charge in [0.15, 0.2) is 6.61 Å². The molecule has 3 rings (SSSR count). The molecule has 0 unspecified atom stereocenters. The van der Waals surface area contributed by atoms with Crippen LogP contribution < -0.4 is 10.5 Å². The Bertz CT molecular complexity index is 709. The van der Waals surface area contributed by atoms with Crippen LogP contribution in [0.3, 0.4) is 0 Å². The maximum Gasteiger partial charge on any atom is 0.255 e. The lowest BCUT2D eigenvalue weighted by molar-refractivity contribution is -0.119. The van der Waals surface area contributed by atoms with E-state index in [1.165, 1.54) is 5.56 Å². The van der Waals surface area contributed by atoms with Crippen LogP contribution in [-0.4, -0.2) is 43.7 Å². The van der Waals surface area contributed by atoms with Crippen LogP contribution in [0.1, 0.15) is 18.5 Å². The fourth-order valence-corrected chi connectivity index (χ4v) is 3.05. The summed E-state index contributed by atoms with van der Waals surface area (Å²) >= 11 is 0. The Kier molecular flexibility index (Phi) is 5.68. The molecular formula is C20H24N2O3. The van der Waals surface area contributed by atoms with Gasteiger partial charge < -0.3 is 15.2 Å². The number of hydrogen-bond acceptors (Lipinski definition) is 4. The van der Waals surface area contributed by atoms with Crippen LogP contribution >= 0.6 is 0 Å². The largest absolute Gasteiger partial charge is 0.484 e. The van der Waals surface area contributed by atoms with Crippen molar-refractivity contribution < 1.29 is 14.3 Å². The Morgan fingerprint density at radius 3 is 2.56 bits per heavy atom. The van der Waals surface area contributed by atoms with Crippen molar-refractivity contribution in [3.8, 4) is 16.9 Å². The molecule has 0 aromatic heterocycles. The zero-order valence-corrected chi connectivity index (χ0v) is 14.5. The number of nitrogens with zero attached hydrogens (tertiary/aromatic N) is 1. The first-order valence-corrected chi connectivity index (χ1v) is 8.57. The number of rotatable bonds is 6. The third kappa shape index (κ3) is 4.59. The zero-order chi connectivity index (χ0) is 17.6. The summed E-state index contributed by atoms with van der Waals surface area (Å²) in [4.78, 5) is 13.3.